The summed E-state index contributed by atoms with van der Waals surface area (Å²) < 4.78 is 19.4. The summed E-state index contributed by atoms with van der Waals surface area (Å²) in [5.41, 5.74) is 1.39. The monoisotopic (exact) mass is 377 g/mol. The number of nitriles is 1. The third-order valence-corrected chi connectivity index (χ3v) is 4.25. The van der Waals surface area contributed by atoms with Gasteiger partial charge in [-0.15, -0.1) is 0 Å². The van der Waals surface area contributed by atoms with Crippen molar-refractivity contribution in [3.8, 4) is 17.6 Å². The molecule has 0 radical (unpaired) electrons. The Bertz CT molecular complexity index is 1030. The summed E-state index contributed by atoms with van der Waals surface area (Å²) in [7, 11) is 0. The average Bonchev–Trinajstić information content (AvgIpc) is 2.67. The standard InChI is InChI=1S/C20H16FN5O2/c21-19-6-14(5-4-13(19)8-22)25-20-23-9-18(10-24-20)28-17-3-1-2-15(7-17)26-11-16(27)12-26/h1-7,9-10,16,27H,11-12H2,(H,23,24,25). The Hall–Kier alpha value is -3.70. The molecule has 7 nitrogen and oxygen atoms in total. The van der Waals surface area contributed by atoms with Crippen molar-refractivity contribution in [1.82, 2.24) is 9.97 Å². The van der Waals surface area contributed by atoms with Gasteiger partial charge in [0, 0.05) is 30.5 Å². The van der Waals surface area contributed by atoms with Gasteiger partial charge in [-0.25, -0.2) is 14.4 Å². The van der Waals surface area contributed by atoms with Gasteiger partial charge in [0.05, 0.1) is 24.1 Å². The van der Waals surface area contributed by atoms with Gasteiger partial charge in [0.25, 0.3) is 0 Å². The maximum Gasteiger partial charge on any atom is 0.227 e. The van der Waals surface area contributed by atoms with Crippen molar-refractivity contribution in [3.05, 3.63) is 66.2 Å². The van der Waals surface area contributed by atoms with E-state index >= 15 is 0 Å². The second kappa shape index (κ2) is 7.50. The van der Waals surface area contributed by atoms with E-state index in [9.17, 15) is 9.50 Å². The number of aliphatic hydroxyl groups is 1. The zero-order valence-electron chi connectivity index (χ0n) is 14.7. The number of nitrogens with one attached hydrogen (secondary N) is 1. The molecule has 140 valence electrons. The van der Waals surface area contributed by atoms with E-state index < -0.39 is 5.82 Å². The molecule has 0 aliphatic carbocycles. The molecular formula is C20H16FN5O2. The molecule has 2 aromatic carbocycles. The van der Waals surface area contributed by atoms with Crippen LogP contribution in [0, 0.1) is 17.1 Å². The van der Waals surface area contributed by atoms with Gasteiger partial charge < -0.3 is 20.1 Å². The molecule has 1 fully saturated rings. The van der Waals surface area contributed by atoms with E-state index in [1.165, 1.54) is 24.5 Å². The topological polar surface area (TPSA) is 94.3 Å². The molecule has 3 aromatic rings. The predicted octanol–water partition coefficient (Wildman–Crippen LogP) is 3.20. The van der Waals surface area contributed by atoms with Crippen molar-refractivity contribution < 1.29 is 14.2 Å². The molecule has 4 rings (SSSR count). The predicted molar refractivity (Wildman–Crippen MR) is 101 cm³/mol. The number of β-amino-alcohol motifs (C(OH)–C–C–N with tert-alkyl or cyclic N) is 1. The van der Waals surface area contributed by atoms with Crippen LogP contribution in [-0.2, 0) is 0 Å². The Morgan fingerprint density at radius 2 is 1.93 bits per heavy atom. The van der Waals surface area contributed by atoms with Crippen LogP contribution >= 0.6 is 0 Å². The number of aromatic nitrogens is 2. The molecule has 0 saturated carbocycles. The maximum atomic E-state index is 13.7. The van der Waals surface area contributed by atoms with Crippen molar-refractivity contribution in [3.63, 3.8) is 0 Å². The normalized spacial score (nSPS) is 13.5. The van der Waals surface area contributed by atoms with E-state index in [1.807, 2.05) is 24.3 Å². The third kappa shape index (κ3) is 3.84. The summed E-state index contributed by atoms with van der Waals surface area (Å²) >= 11 is 0. The van der Waals surface area contributed by atoms with Gasteiger partial charge in [-0.05, 0) is 30.3 Å². The number of hydrogen-bond acceptors (Lipinski definition) is 7. The van der Waals surface area contributed by atoms with Crippen LogP contribution in [0.25, 0.3) is 0 Å². The average molecular weight is 377 g/mol. The van der Waals surface area contributed by atoms with Gasteiger partial charge in [-0.1, -0.05) is 6.07 Å². The molecular weight excluding hydrogens is 361 g/mol. The minimum atomic E-state index is -0.609. The van der Waals surface area contributed by atoms with Crippen molar-refractivity contribution in [2.24, 2.45) is 0 Å². The molecule has 0 bridgehead atoms. The SMILES string of the molecule is N#Cc1ccc(Nc2ncc(Oc3cccc(N4CC(O)C4)c3)cn2)cc1F. The summed E-state index contributed by atoms with van der Waals surface area (Å²) in [5.74, 6) is 0.761. The van der Waals surface area contributed by atoms with Crippen LogP contribution in [0.3, 0.4) is 0 Å². The lowest BCUT2D eigenvalue weighted by Gasteiger charge is -2.37. The first-order valence-electron chi connectivity index (χ1n) is 8.60. The third-order valence-electron chi connectivity index (χ3n) is 4.25. The first kappa shape index (κ1) is 17.7. The highest BCUT2D eigenvalue weighted by Gasteiger charge is 2.24. The fraction of sp³-hybridized carbons (Fsp3) is 0.150. The number of aliphatic hydroxyl groups excluding tert-OH is 1. The van der Waals surface area contributed by atoms with Crippen LogP contribution < -0.4 is 15.0 Å². The zero-order chi connectivity index (χ0) is 19.5. The first-order valence-corrected chi connectivity index (χ1v) is 8.60. The summed E-state index contributed by atoms with van der Waals surface area (Å²) in [4.78, 5) is 10.4. The summed E-state index contributed by atoms with van der Waals surface area (Å²) in [6.07, 6.45) is 2.74. The van der Waals surface area contributed by atoms with Crippen molar-refractivity contribution >= 4 is 17.3 Å². The minimum absolute atomic E-state index is 0.0230. The molecule has 0 unspecified atom stereocenters. The number of rotatable bonds is 5. The van der Waals surface area contributed by atoms with E-state index in [0.717, 1.165) is 5.69 Å². The molecule has 2 N–H and O–H groups in total. The first-order chi connectivity index (χ1) is 13.6. The number of benzene rings is 2. The minimum Gasteiger partial charge on any atom is -0.454 e. The molecule has 1 aromatic heterocycles. The smallest absolute Gasteiger partial charge is 0.227 e. The van der Waals surface area contributed by atoms with Crippen LogP contribution in [0.5, 0.6) is 11.5 Å². The molecule has 0 spiro atoms. The second-order valence-corrected chi connectivity index (χ2v) is 6.33. The maximum absolute atomic E-state index is 13.7. The van der Waals surface area contributed by atoms with E-state index in [2.05, 4.69) is 20.2 Å². The van der Waals surface area contributed by atoms with E-state index in [-0.39, 0.29) is 17.6 Å². The Kier molecular flexibility index (Phi) is 4.74. The van der Waals surface area contributed by atoms with E-state index in [1.54, 1.807) is 12.1 Å². The number of hydrogen-bond donors (Lipinski definition) is 2. The van der Waals surface area contributed by atoms with Crippen LogP contribution in [-0.4, -0.2) is 34.3 Å². The van der Waals surface area contributed by atoms with Crippen molar-refractivity contribution in [2.45, 2.75) is 6.10 Å². The Morgan fingerprint density at radius 3 is 2.61 bits per heavy atom. The highest BCUT2D eigenvalue weighted by molar-refractivity contribution is 5.56. The fourth-order valence-corrected chi connectivity index (χ4v) is 2.79. The highest BCUT2D eigenvalue weighted by Crippen LogP contribution is 2.28. The number of ether oxygens (including phenoxy) is 1. The molecule has 28 heavy (non-hydrogen) atoms. The Labute approximate surface area is 160 Å². The Morgan fingerprint density at radius 1 is 1.14 bits per heavy atom. The summed E-state index contributed by atoms with van der Waals surface area (Å²) in [5, 5.41) is 21.1. The highest BCUT2D eigenvalue weighted by atomic mass is 19.1. The van der Waals surface area contributed by atoms with E-state index in [0.29, 0.717) is 30.3 Å². The zero-order valence-corrected chi connectivity index (χ0v) is 14.7. The lowest BCUT2D eigenvalue weighted by atomic mass is 10.1. The number of halogens is 1. The quantitative estimate of drug-likeness (QED) is 0.705. The molecule has 1 aliphatic rings. The number of nitrogens with zero attached hydrogens (tertiary/aromatic N) is 4. The van der Waals surface area contributed by atoms with Crippen LogP contribution in [0.2, 0.25) is 0 Å². The van der Waals surface area contributed by atoms with Crippen LogP contribution in [0.1, 0.15) is 5.56 Å². The van der Waals surface area contributed by atoms with Crippen LogP contribution in [0.4, 0.5) is 21.7 Å². The molecule has 0 atom stereocenters. The van der Waals surface area contributed by atoms with Crippen molar-refractivity contribution in [1.29, 1.82) is 5.26 Å². The van der Waals surface area contributed by atoms with E-state index in [4.69, 9.17) is 10.00 Å². The Balaban J connectivity index is 1.42. The van der Waals surface area contributed by atoms with Crippen LogP contribution in [0.15, 0.2) is 54.9 Å². The molecule has 8 heteroatoms. The molecule has 0 amide bonds. The molecule has 2 heterocycles. The second-order valence-electron chi connectivity index (χ2n) is 6.33. The van der Waals surface area contributed by atoms with Crippen molar-refractivity contribution in [2.75, 3.05) is 23.3 Å². The van der Waals surface area contributed by atoms with Gasteiger partial charge >= 0.3 is 0 Å². The number of anilines is 3. The summed E-state index contributed by atoms with van der Waals surface area (Å²) in [6, 6.07) is 13.5. The van der Waals surface area contributed by atoms with Gasteiger partial charge in [0.1, 0.15) is 17.6 Å². The molecule has 1 aliphatic heterocycles. The lowest BCUT2D eigenvalue weighted by molar-refractivity contribution is 0.142. The molecule has 1 saturated heterocycles. The van der Waals surface area contributed by atoms with Gasteiger partial charge in [0.2, 0.25) is 5.95 Å². The van der Waals surface area contributed by atoms with Gasteiger partial charge in [-0.2, -0.15) is 5.26 Å². The largest absolute Gasteiger partial charge is 0.454 e. The summed E-state index contributed by atoms with van der Waals surface area (Å²) in [6.45, 7) is 1.23. The fourth-order valence-electron chi connectivity index (χ4n) is 2.79. The van der Waals surface area contributed by atoms with Gasteiger partial charge in [-0.3, -0.25) is 0 Å². The lowest BCUT2D eigenvalue weighted by Crippen LogP contribution is -2.50. The van der Waals surface area contributed by atoms with Gasteiger partial charge in [0.15, 0.2) is 5.75 Å².